The molecule has 1 aliphatic rings. The summed E-state index contributed by atoms with van der Waals surface area (Å²) in [4.78, 5) is 29.9. The Kier molecular flexibility index (Phi) is 7.34. The van der Waals surface area contributed by atoms with Crippen LogP contribution < -0.4 is 4.80 Å². The Bertz CT molecular complexity index is 1350. The number of nitrogens with zero attached hydrogens (tertiary/aromatic N) is 3. The van der Waals surface area contributed by atoms with Crippen LogP contribution in [0.2, 0.25) is 5.02 Å². The van der Waals surface area contributed by atoms with Crippen molar-refractivity contribution in [1.29, 1.82) is 0 Å². The molecular formula is C21H22ClN3O5S3. The van der Waals surface area contributed by atoms with Gasteiger partial charge in [-0.3, -0.25) is 9.59 Å². The van der Waals surface area contributed by atoms with E-state index in [0.29, 0.717) is 29.2 Å². The topological polar surface area (TPSA) is 98.0 Å². The number of halogens is 1. The van der Waals surface area contributed by atoms with Gasteiger partial charge in [0.15, 0.2) is 4.80 Å². The van der Waals surface area contributed by atoms with Crippen LogP contribution >= 0.6 is 34.3 Å². The van der Waals surface area contributed by atoms with Gasteiger partial charge in [0.25, 0.3) is 15.9 Å². The summed E-state index contributed by atoms with van der Waals surface area (Å²) in [6, 6.07) is 8.49. The summed E-state index contributed by atoms with van der Waals surface area (Å²) in [7, 11) is -3.63. The van der Waals surface area contributed by atoms with Crippen LogP contribution in [0, 0.1) is 5.92 Å². The highest BCUT2D eigenvalue weighted by atomic mass is 35.5. The van der Waals surface area contributed by atoms with Crippen LogP contribution in [0.5, 0.6) is 0 Å². The van der Waals surface area contributed by atoms with Crippen LogP contribution in [0.15, 0.2) is 44.9 Å². The minimum atomic E-state index is -3.63. The number of sulfonamides is 1. The zero-order valence-corrected chi connectivity index (χ0v) is 21.0. The number of amides is 1. The number of aromatic nitrogens is 1. The Labute approximate surface area is 204 Å². The van der Waals surface area contributed by atoms with E-state index in [0.717, 1.165) is 21.6 Å². The van der Waals surface area contributed by atoms with Gasteiger partial charge in [0.05, 0.1) is 22.7 Å². The summed E-state index contributed by atoms with van der Waals surface area (Å²) < 4.78 is 34.9. The Morgan fingerprint density at radius 1 is 1.30 bits per heavy atom. The van der Waals surface area contributed by atoms with Gasteiger partial charge in [-0.1, -0.05) is 29.0 Å². The highest BCUT2D eigenvalue weighted by Gasteiger charge is 2.33. The summed E-state index contributed by atoms with van der Waals surface area (Å²) in [6.07, 6.45) is 1.12. The lowest BCUT2D eigenvalue weighted by Gasteiger charge is -2.29. The van der Waals surface area contributed by atoms with E-state index in [1.165, 1.54) is 15.6 Å². The average Bonchev–Trinajstić information content (AvgIpc) is 3.43. The second-order valence-electron chi connectivity index (χ2n) is 7.47. The van der Waals surface area contributed by atoms with Gasteiger partial charge in [0, 0.05) is 18.1 Å². The zero-order valence-electron chi connectivity index (χ0n) is 17.8. The number of ether oxygens (including phenoxy) is 1. The molecule has 3 aromatic rings. The van der Waals surface area contributed by atoms with Crippen LogP contribution in [0.25, 0.3) is 10.2 Å². The molecule has 1 saturated heterocycles. The molecule has 0 spiro atoms. The third-order valence-corrected chi connectivity index (χ3v) is 9.78. The van der Waals surface area contributed by atoms with Gasteiger partial charge in [-0.05, 0) is 49.4 Å². The first-order valence-electron chi connectivity index (χ1n) is 10.4. The molecule has 1 unspecified atom stereocenters. The number of thiazole rings is 1. The van der Waals surface area contributed by atoms with E-state index < -0.39 is 27.8 Å². The molecule has 0 radical (unpaired) electrons. The molecule has 1 amide bonds. The Hall–Kier alpha value is -2.05. The fourth-order valence-electron chi connectivity index (χ4n) is 3.71. The number of hydrogen-bond donors (Lipinski definition) is 0. The molecule has 1 atom stereocenters. The number of carbonyl (C=O) groups is 2. The van der Waals surface area contributed by atoms with Gasteiger partial charge in [0.2, 0.25) is 0 Å². The van der Waals surface area contributed by atoms with E-state index in [1.807, 2.05) is 0 Å². The first-order chi connectivity index (χ1) is 15.8. The third-order valence-electron chi connectivity index (χ3n) is 5.27. The summed E-state index contributed by atoms with van der Waals surface area (Å²) in [6.45, 7) is 2.33. The first kappa shape index (κ1) is 24.1. The van der Waals surface area contributed by atoms with Crippen LogP contribution in [-0.4, -0.2) is 48.9 Å². The summed E-state index contributed by atoms with van der Waals surface area (Å²) in [5.74, 6) is -1.40. The van der Waals surface area contributed by atoms with Gasteiger partial charge in [-0.25, -0.2) is 8.42 Å². The molecule has 8 nitrogen and oxygen atoms in total. The molecule has 0 bridgehead atoms. The Balaban J connectivity index is 1.64. The standard InChI is InChI=1S/C21H22ClN3O5S3/c1-2-30-18(26)13-25-16-8-7-15(22)11-17(16)32-21(25)23-20(27)14-5-3-9-24(12-14)33(28,29)19-6-4-10-31-19/h4,6-8,10-11,14H,2-3,5,9,12-13H2,1H3. The van der Waals surface area contributed by atoms with Crippen LogP contribution in [0.3, 0.4) is 0 Å². The minimum Gasteiger partial charge on any atom is -0.465 e. The maximum absolute atomic E-state index is 13.1. The van der Waals surface area contributed by atoms with Gasteiger partial charge in [-0.15, -0.1) is 11.3 Å². The van der Waals surface area contributed by atoms with Crippen molar-refractivity contribution in [3.8, 4) is 0 Å². The molecule has 4 rings (SSSR count). The van der Waals surface area contributed by atoms with Gasteiger partial charge < -0.3 is 9.30 Å². The lowest BCUT2D eigenvalue weighted by molar-refractivity contribution is -0.143. The molecule has 176 valence electrons. The van der Waals surface area contributed by atoms with Crippen LogP contribution in [-0.2, 0) is 30.9 Å². The second kappa shape index (κ2) is 10.1. The average molecular weight is 528 g/mol. The fraction of sp³-hybridized carbons (Fsp3) is 0.381. The smallest absolute Gasteiger partial charge is 0.326 e. The molecule has 33 heavy (non-hydrogen) atoms. The largest absolute Gasteiger partial charge is 0.465 e. The molecule has 0 aliphatic carbocycles. The number of fused-ring (bicyclic) bond motifs is 1. The molecule has 3 heterocycles. The number of piperidine rings is 1. The molecule has 0 N–H and O–H groups in total. The van der Waals surface area contributed by atoms with Crippen LogP contribution in [0.1, 0.15) is 19.8 Å². The highest BCUT2D eigenvalue weighted by Crippen LogP contribution is 2.27. The highest BCUT2D eigenvalue weighted by molar-refractivity contribution is 7.91. The van der Waals surface area contributed by atoms with Crippen molar-refractivity contribution >= 4 is 66.4 Å². The number of benzene rings is 1. The van der Waals surface area contributed by atoms with Gasteiger partial charge >= 0.3 is 5.97 Å². The van der Waals surface area contributed by atoms with E-state index in [-0.39, 0.29) is 23.9 Å². The first-order valence-corrected chi connectivity index (χ1v) is 13.9. The molecule has 0 saturated carbocycles. The number of esters is 1. The van der Waals surface area contributed by atoms with E-state index >= 15 is 0 Å². The van der Waals surface area contributed by atoms with Crippen molar-refractivity contribution < 1.29 is 22.7 Å². The number of rotatable bonds is 6. The van der Waals surface area contributed by atoms with E-state index in [2.05, 4.69) is 4.99 Å². The lowest BCUT2D eigenvalue weighted by atomic mass is 9.99. The summed E-state index contributed by atoms with van der Waals surface area (Å²) >= 11 is 8.52. The monoisotopic (exact) mass is 527 g/mol. The number of hydrogen-bond acceptors (Lipinski definition) is 7. The molecule has 1 aliphatic heterocycles. The maximum atomic E-state index is 13.1. The summed E-state index contributed by atoms with van der Waals surface area (Å²) in [5.41, 5.74) is 0.717. The number of thiophene rings is 1. The van der Waals surface area contributed by atoms with Crippen molar-refractivity contribution in [3.05, 3.63) is 45.5 Å². The van der Waals surface area contributed by atoms with E-state index in [9.17, 15) is 18.0 Å². The van der Waals surface area contributed by atoms with Crippen molar-refractivity contribution in [2.75, 3.05) is 19.7 Å². The quantitative estimate of drug-likeness (QED) is 0.457. The van der Waals surface area contributed by atoms with Crippen molar-refractivity contribution in [1.82, 2.24) is 8.87 Å². The molecule has 12 heteroatoms. The zero-order chi connectivity index (χ0) is 23.6. The maximum Gasteiger partial charge on any atom is 0.326 e. The van der Waals surface area contributed by atoms with Gasteiger partial charge in [0.1, 0.15) is 10.8 Å². The van der Waals surface area contributed by atoms with Crippen molar-refractivity contribution in [3.63, 3.8) is 0 Å². The molecule has 1 fully saturated rings. The van der Waals surface area contributed by atoms with E-state index in [4.69, 9.17) is 16.3 Å². The summed E-state index contributed by atoms with van der Waals surface area (Å²) in [5, 5.41) is 2.25. The normalized spacial score (nSPS) is 18.0. The Morgan fingerprint density at radius 2 is 2.12 bits per heavy atom. The Morgan fingerprint density at radius 3 is 2.85 bits per heavy atom. The minimum absolute atomic E-state index is 0.0805. The predicted octanol–water partition coefficient (Wildman–Crippen LogP) is 3.51. The fourth-order valence-corrected chi connectivity index (χ4v) is 7.69. The van der Waals surface area contributed by atoms with Crippen molar-refractivity contribution in [2.24, 2.45) is 10.9 Å². The lowest BCUT2D eigenvalue weighted by Crippen LogP contribution is -2.42. The SMILES string of the molecule is CCOC(=O)Cn1c(=NC(=O)C2CCCN(S(=O)(=O)c3cccs3)C2)sc2cc(Cl)ccc21. The molecular weight excluding hydrogens is 506 g/mol. The van der Waals surface area contributed by atoms with E-state index in [1.54, 1.807) is 47.2 Å². The van der Waals surface area contributed by atoms with Crippen molar-refractivity contribution in [2.45, 2.75) is 30.5 Å². The third kappa shape index (κ3) is 5.22. The second-order valence-corrected chi connectivity index (χ2v) is 12.0. The van der Waals surface area contributed by atoms with Gasteiger partial charge in [-0.2, -0.15) is 9.30 Å². The molecule has 2 aromatic heterocycles. The predicted molar refractivity (Wildman–Crippen MR) is 128 cm³/mol. The van der Waals surface area contributed by atoms with Crippen LogP contribution in [0.4, 0.5) is 0 Å². The number of carbonyl (C=O) groups excluding carboxylic acids is 2. The molecule has 1 aromatic carbocycles.